The summed E-state index contributed by atoms with van der Waals surface area (Å²) in [6.45, 7) is 4.32. The average molecular weight is 438 g/mol. The number of hydrogen-bond donors (Lipinski definition) is 2. The fourth-order valence-electron chi connectivity index (χ4n) is 4.10. The summed E-state index contributed by atoms with van der Waals surface area (Å²) >= 11 is 0. The Bertz CT molecular complexity index is 1230. The third-order valence-corrected chi connectivity index (χ3v) is 5.97. The molecule has 5 heteroatoms. The summed E-state index contributed by atoms with van der Waals surface area (Å²) in [7, 11) is 0. The number of benzene rings is 3. The van der Waals surface area contributed by atoms with Gasteiger partial charge in [-0.05, 0) is 54.0 Å². The van der Waals surface area contributed by atoms with Crippen LogP contribution < -0.4 is 15.4 Å². The van der Waals surface area contributed by atoms with Crippen molar-refractivity contribution in [2.75, 3.05) is 25.0 Å². The van der Waals surface area contributed by atoms with Crippen LogP contribution in [0.4, 0.5) is 5.69 Å². The lowest BCUT2D eigenvalue weighted by Crippen LogP contribution is -2.20. The number of anilines is 1. The van der Waals surface area contributed by atoms with E-state index in [-0.39, 0.29) is 5.91 Å². The van der Waals surface area contributed by atoms with Crippen molar-refractivity contribution in [2.45, 2.75) is 19.8 Å². The summed E-state index contributed by atoms with van der Waals surface area (Å²) in [6.07, 6.45) is 3.30. The second-order valence-electron chi connectivity index (χ2n) is 8.47. The third kappa shape index (κ3) is 4.98. The van der Waals surface area contributed by atoms with Crippen LogP contribution in [0.1, 0.15) is 23.1 Å². The van der Waals surface area contributed by atoms with Crippen LogP contribution in [0.2, 0.25) is 0 Å². The highest BCUT2D eigenvalue weighted by Gasteiger charge is 2.16. The van der Waals surface area contributed by atoms with Crippen LogP contribution in [0, 0.1) is 6.92 Å². The van der Waals surface area contributed by atoms with Crippen molar-refractivity contribution >= 4 is 23.5 Å². The predicted octanol–water partition coefficient (Wildman–Crippen LogP) is 5.01. The number of aliphatic imine (C=N–C) groups is 1. The summed E-state index contributed by atoms with van der Waals surface area (Å²) in [4.78, 5) is 17.5. The fraction of sp³-hybridized carbons (Fsp3) is 0.214. The Hall–Kier alpha value is -3.86. The van der Waals surface area contributed by atoms with Gasteiger partial charge < -0.3 is 15.4 Å². The highest BCUT2D eigenvalue weighted by Crippen LogP contribution is 2.31. The van der Waals surface area contributed by atoms with E-state index in [0.29, 0.717) is 18.6 Å². The van der Waals surface area contributed by atoms with Gasteiger partial charge in [0.1, 0.15) is 11.6 Å². The summed E-state index contributed by atoms with van der Waals surface area (Å²) in [5.74, 6) is 1.74. The Morgan fingerprint density at radius 3 is 2.58 bits per heavy atom. The molecule has 33 heavy (non-hydrogen) atoms. The van der Waals surface area contributed by atoms with Gasteiger partial charge in [0.25, 0.3) is 5.91 Å². The smallest absolute Gasteiger partial charge is 0.251 e. The first-order valence-electron chi connectivity index (χ1n) is 11.4. The molecule has 0 aromatic heterocycles. The lowest BCUT2D eigenvalue weighted by atomic mass is 10.00. The van der Waals surface area contributed by atoms with Gasteiger partial charge in [-0.2, -0.15) is 0 Å². The van der Waals surface area contributed by atoms with Gasteiger partial charge in [0.05, 0.1) is 13.2 Å². The molecule has 3 aromatic carbocycles. The minimum atomic E-state index is -0.0956. The molecule has 2 N–H and O–H groups in total. The van der Waals surface area contributed by atoms with Crippen molar-refractivity contribution < 1.29 is 9.53 Å². The minimum Gasteiger partial charge on any atom is -0.493 e. The molecule has 0 spiro atoms. The van der Waals surface area contributed by atoms with Gasteiger partial charge in [0.2, 0.25) is 0 Å². The summed E-state index contributed by atoms with van der Waals surface area (Å²) in [6, 6.07) is 22.5. The molecular formula is C28H27N3O2. The number of carbonyl (C=O) groups excluding carboxylic acids is 1. The maximum absolute atomic E-state index is 13.0. The van der Waals surface area contributed by atoms with Crippen LogP contribution >= 0.6 is 0 Å². The number of rotatable bonds is 5. The zero-order valence-electron chi connectivity index (χ0n) is 18.7. The maximum atomic E-state index is 13.0. The van der Waals surface area contributed by atoms with E-state index in [1.807, 2.05) is 36.4 Å². The Kier molecular flexibility index (Phi) is 5.94. The second kappa shape index (κ2) is 9.33. The van der Waals surface area contributed by atoms with Gasteiger partial charge in [-0.3, -0.25) is 9.79 Å². The Morgan fingerprint density at radius 2 is 1.82 bits per heavy atom. The lowest BCUT2D eigenvalue weighted by molar-refractivity contribution is -0.113. The molecule has 0 radical (unpaired) electrons. The predicted molar refractivity (Wildman–Crippen MR) is 134 cm³/mol. The number of amides is 1. The van der Waals surface area contributed by atoms with E-state index in [4.69, 9.17) is 4.74 Å². The molecule has 0 saturated heterocycles. The SMILES string of the molecule is Cc1ccc(-c2ccc3c(c2)C=C(C(=O)Nc2ccc(CC4=NCCN4)cc2)CCO3)cc1. The minimum absolute atomic E-state index is 0.0956. The molecule has 0 saturated carbocycles. The van der Waals surface area contributed by atoms with Crippen molar-refractivity contribution in [1.82, 2.24) is 5.32 Å². The van der Waals surface area contributed by atoms with E-state index in [2.05, 4.69) is 58.9 Å². The third-order valence-electron chi connectivity index (χ3n) is 5.97. The molecule has 2 heterocycles. The topological polar surface area (TPSA) is 62.7 Å². The van der Waals surface area contributed by atoms with Crippen LogP contribution in [-0.2, 0) is 11.2 Å². The molecule has 0 bridgehead atoms. The van der Waals surface area contributed by atoms with Gasteiger partial charge in [0, 0.05) is 36.2 Å². The van der Waals surface area contributed by atoms with Crippen LogP contribution in [0.5, 0.6) is 5.75 Å². The molecule has 1 amide bonds. The Morgan fingerprint density at radius 1 is 1.03 bits per heavy atom. The zero-order chi connectivity index (χ0) is 22.6. The number of carbonyl (C=O) groups is 1. The van der Waals surface area contributed by atoms with Crippen LogP contribution in [0.15, 0.2) is 77.3 Å². The van der Waals surface area contributed by atoms with E-state index >= 15 is 0 Å². The molecule has 0 atom stereocenters. The van der Waals surface area contributed by atoms with Gasteiger partial charge >= 0.3 is 0 Å². The van der Waals surface area contributed by atoms with E-state index in [1.165, 1.54) is 11.1 Å². The molecule has 0 fully saturated rings. The van der Waals surface area contributed by atoms with E-state index < -0.39 is 0 Å². The Labute approximate surface area is 194 Å². The zero-order valence-corrected chi connectivity index (χ0v) is 18.7. The summed E-state index contributed by atoms with van der Waals surface area (Å²) in [5.41, 5.74) is 7.07. The molecule has 0 aliphatic carbocycles. The van der Waals surface area contributed by atoms with Gasteiger partial charge in [0.15, 0.2) is 0 Å². The van der Waals surface area contributed by atoms with Crippen molar-refractivity contribution in [3.05, 3.63) is 89.0 Å². The van der Waals surface area contributed by atoms with Crippen molar-refractivity contribution in [1.29, 1.82) is 0 Å². The van der Waals surface area contributed by atoms with Gasteiger partial charge in [-0.1, -0.05) is 48.0 Å². The molecule has 3 aromatic rings. The first-order valence-corrected chi connectivity index (χ1v) is 11.4. The van der Waals surface area contributed by atoms with Crippen LogP contribution in [0.25, 0.3) is 17.2 Å². The number of ether oxygens (including phenoxy) is 1. The summed E-state index contributed by atoms with van der Waals surface area (Å²) < 4.78 is 5.92. The first-order chi connectivity index (χ1) is 16.1. The molecule has 0 unspecified atom stereocenters. The molecule has 166 valence electrons. The fourth-order valence-corrected chi connectivity index (χ4v) is 4.10. The average Bonchev–Trinajstić information content (AvgIpc) is 3.24. The number of nitrogens with zero attached hydrogens (tertiary/aromatic N) is 1. The quantitative estimate of drug-likeness (QED) is 0.590. The van der Waals surface area contributed by atoms with Crippen molar-refractivity contribution in [3.63, 3.8) is 0 Å². The number of hydrogen-bond acceptors (Lipinski definition) is 4. The summed E-state index contributed by atoms with van der Waals surface area (Å²) in [5, 5.41) is 6.32. The molecular weight excluding hydrogens is 410 g/mol. The van der Waals surface area contributed by atoms with E-state index in [9.17, 15) is 4.79 Å². The van der Waals surface area contributed by atoms with Gasteiger partial charge in [-0.25, -0.2) is 0 Å². The van der Waals surface area contributed by atoms with Gasteiger partial charge in [-0.15, -0.1) is 0 Å². The molecule has 2 aliphatic heterocycles. The largest absolute Gasteiger partial charge is 0.493 e. The number of fused-ring (bicyclic) bond motifs is 1. The monoisotopic (exact) mass is 437 g/mol. The van der Waals surface area contributed by atoms with Crippen molar-refractivity contribution in [3.8, 4) is 16.9 Å². The highest BCUT2D eigenvalue weighted by molar-refractivity contribution is 6.07. The van der Waals surface area contributed by atoms with Crippen LogP contribution in [-0.4, -0.2) is 31.4 Å². The lowest BCUT2D eigenvalue weighted by Gasteiger charge is -2.09. The molecule has 5 nitrogen and oxygen atoms in total. The number of nitrogens with one attached hydrogen (secondary N) is 2. The van der Waals surface area contributed by atoms with Crippen molar-refractivity contribution in [2.24, 2.45) is 4.99 Å². The molecule has 2 aliphatic rings. The first kappa shape index (κ1) is 21.0. The van der Waals surface area contributed by atoms with E-state index in [1.54, 1.807) is 0 Å². The molecule has 5 rings (SSSR count). The standard InChI is InChI=1S/C28H27N3O2/c1-19-2-6-21(7-3-19)22-8-11-26-24(17-22)18-23(12-15-33-26)28(32)31-25-9-4-20(5-10-25)16-27-29-13-14-30-27/h2-11,17-18H,12-16H2,1H3,(H,29,30)(H,31,32). The number of amidine groups is 1. The number of aryl methyl sites for hydroxylation is 1. The normalized spacial score (nSPS) is 14.8. The maximum Gasteiger partial charge on any atom is 0.251 e. The van der Waals surface area contributed by atoms with E-state index in [0.717, 1.165) is 53.5 Å². The second-order valence-corrected chi connectivity index (χ2v) is 8.47. The Balaban J connectivity index is 1.32. The highest BCUT2D eigenvalue weighted by atomic mass is 16.5. The van der Waals surface area contributed by atoms with Crippen LogP contribution in [0.3, 0.4) is 0 Å².